The van der Waals surface area contributed by atoms with Gasteiger partial charge in [0.1, 0.15) is 5.75 Å². The van der Waals surface area contributed by atoms with Crippen molar-refractivity contribution in [2.75, 3.05) is 19.8 Å². The third-order valence-corrected chi connectivity index (χ3v) is 5.36. The Morgan fingerprint density at radius 2 is 1.83 bits per heavy atom. The molecule has 2 aliphatic heterocycles. The normalized spacial score (nSPS) is 19.3. The van der Waals surface area contributed by atoms with Gasteiger partial charge in [0.2, 0.25) is 0 Å². The van der Waals surface area contributed by atoms with E-state index in [0.717, 1.165) is 54.9 Å². The summed E-state index contributed by atoms with van der Waals surface area (Å²) in [5.41, 5.74) is 9.58. The molecule has 2 aromatic carbocycles. The van der Waals surface area contributed by atoms with Crippen LogP contribution in [0.2, 0.25) is 0 Å². The number of rotatable bonds is 6. The van der Waals surface area contributed by atoms with E-state index < -0.39 is 0 Å². The van der Waals surface area contributed by atoms with E-state index in [0.29, 0.717) is 31.8 Å². The van der Waals surface area contributed by atoms with Crippen molar-refractivity contribution in [3.8, 4) is 5.75 Å². The minimum absolute atomic E-state index is 0. The van der Waals surface area contributed by atoms with Crippen LogP contribution in [-0.2, 0) is 22.6 Å². The van der Waals surface area contributed by atoms with Crippen molar-refractivity contribution in [3.05, 3.63) is 65.2 Å². The highest BCUT2D eigenvalue weighted by Gasteiger charge is 2.21. The molecule has 3 N–H and O–H groups in total. The van der Waals surface area contributed by atoms with Crippen molar-refractivity contribution in [2.24, 2.45) is 10.7 Å². The SMILES string of the molecule is I.NC(=NCc1cccc(COC2CCOCC2)c1)NC1CCOc2ccccc21. The maximum atomic E-state index is 6.17. The quantitative estimate of drug-likeness (QED) is 0.341. The molecule has 0 aliphatic carbocycles. The van der Waals surface area contributed by atoms with E-state index in [2.05, 4.69) is 34.6 Å². The first-order valence-corrected chi connectivity index (χ1v) is 10.3. The number of guanidine groups is 1. The summed E-state index contributed by atoms with van der Waals surface area (Å²) in [5, 5.41) is 3.34. The number of aliphatic imine (C=N–C) groups is 1. The topological polar surface area (TPSA) is 78.1 Å². The molecule has 0 radical (unpaired) electrons. The van der Waals surface area contributed by atoms with Crippen LogP contribution in [0.1, 0.15) is 42.0 Å². The number of benzene rings is 2. The number of para-hydroxylation sites is 1. The first-order chi connectivity index (χ1) is 14.3. The number of hydrogen-bond donors (Lipinski definition) is 2. The fourth-order valence-corrected chi connectivity index (χ4v) is 3.77. The first kappa shape index (κ1) is 22.8. The lowest BCUT2D eigenvalue weighted by molar-refractivity contribution is -0.0390. The number of nitrogens with one attached hydrogen (secondary N) is 1. The average molecular weight is 523 g/mol. The molecule has 2 heterocycles. The second kappa shape index (κ2) is 11.5. The third-order valence-electron chi connectivity index (χ3n) is 5.36. The van der Waals surface area contributed by atoms with E-state index in [4.69, 9.17) is 19.9 Å². The minimum Gasteiger partial charge on any atom is -0.493 e. The number of nitrogens with zero attached hydrogens (tertiary/aromatic N) is 1. The predicted molar refractivity (Wildman–Crippen MR) is 128 cm³/mol. The maximum absolute atomic E-state index is 6.17. The fraction of sp³-hybridized carbons (Fsp3) is 0.435. The highest BCUT2D eigenvalue weighted by Crippen LogP contribution is 2.31. The standard InChI is InChI=1S/C23H29N3O3.HI/c24-23(26-21-10-13-28-22-7-2-1-6-20(21)22)25-15-17-4-3-5-18(14-17)16-29-19-8-11-27-12-9-19;/h1-7,14,19,21H,8-13,15-16H2,(H3,24,25,26);1H. The molecule has 2 aromatic rings. The Balaban J connectivity index is 0.00000256. The van der Waals surface area contributed by atoms with Crippen LogP contribution in [0.5, 0.6) is 5.75 Å². The molecular weight excluding hydrogens is 493 g/mol. The molecule has 6 nitrogen and oxygen atoms in total. The van der Waals surface area contributed by atoms with Gasteiger partial charge in [-0.1, -0.05) is 42.5 Å². The predicted octanol–water partition coefficient (Wildman–Crippen LogP) is 3.93. The van der Waals surface area contributed by atoms with Crippen LogP contribution in [0.15, 0.2) is 53.5 Å². The van der Waals surface area contributed by atoms with Crippen molar-refractivity contribution < 1.29 is 14.2 Å². The summed E-state index contributed by atoms with van der Waals surface area (Å²) in [6, 6.07) is 16.5. The van der Waals surface area contributed by atoms with Gasteiger partial charge in [0, 0.05) is 25.2 Å². The Morgan fingerprint density at radius 1 is 1.03 bits per heavy atom. The average Bonchev–Trinajstić information content (AvgIpc) is 2.78. The molecule has 0 amide bonds. The van der Waals surface area contributed by atoms with E-state index in [9.17, 15) is 0 Å². The summed E-state index contributed by atoms with van der Waals surface area (Å²) >= 11 is 0. The molecule has 0 bridgehead atoms. The summed E-state index contributed by atoms with van der Waals surface area (Å²) in [7, 11) is 0. The van der Waals surface area contributed by atoms with Gasteiger partial charge in [-0.2, -0.15) is 0 Å². The smallest absolute Gasteiger partial charge is 0.189 e. The zero-order chi connectivity index (χ0) is 19.9. The van der Waals surface area contributed by atoms with Crippen LogP contribution in [0.25, 0.3) is 0 Å². The Labute approximate surface area is 195 Å². The third kappa shape index (κ3) is 6.33. The number of ether oxygens (including phenoxy) is 3. The molecule has 1 saturated heterocycles. The summed E-state index contributed by atoms with van der Waals surface area (Å²) in [4.78, 5) is 4.54. The molecule has 7 heteroatoms. The molecule has 162 valence electrons. The molecular formula is C23H30IN3O3. The van der Waals surface area contributed by atoms with E-state index in [1.54, 1.807) is 0 Å². The van der Waals surface area contributed by atoms with Gasteiger partial charge < -0.3 is 25.3 Å². The number of halogens is 1. The molecule has 1 atom stereocenters. The van der Waals surface area contributed by atoms with Crippen molar-refractivity contribution >= 4 is 29.9 Å². The van der Waals surface area contributed by atoms with Crippen molar-refractivity contribution in [1.82, 2.24) is 5.32 Å². The highest BCUT2D eigenvalue weighted by molar-refractivity contribution is 14.0. The molecule has 4 rings (SSSR count). The van der Waals surface area contributed by atoms with Crippen molar-refractivity contribution in [3.63, 3.8) is 0 Å². The zero-order valence-electron chi connectivity index (χ0n) is 17.1. The number of fused-ring (bicyclic) bond motifs is 1. The summed E-state index contributed by atoms with van der Waals surface area (Å²) in [5.74, 6) is 1.37. The number of nitrogens with two attached hydrogens (primary N) is 1. The Kier molecular flexibility index (Phi) is 8.77. The molecule has 1 unspecified atom stereocenters. The number of hydrogen-bond acceptors (Lipinski definition) is 4. The monoisotopic (exact) mass is 523 g/mol. The highest BCUT2D eigenvalue weighted by atomic mass is 127. The molecule has 0 aromatic heterocycles. The molecule has 30 heavy (non-hydrogen) atoms. The molecule has 2 aliphatic rings. The second-order valence-corrected chi connectivity index (χ2v) is 7.52. The van der Waals surface area contributed by atoms with Crippen LogP contribution >= 0.6 is 24.0 Å². The molecule has 0 spiro atoms. The van der Waals surface area contributed by atoms with E-state index in [-0.39, 0.29) is 30.0 Å². The summed E-state index contributed by atoms with van der Waals surface area (Å²) in [6.45, 7) is 3.42. The van der Waals surface area contributed by atoms with Crippen LogP contribution in [-0.4, -0.2) is 31.9 Å². The minimum atomic E-state index is 0. The molecule has 0 saturated carbocycles. The van der Waals surface area contributed by atoms with E-state index >= 15 is 0 Å². The van der Waals surface area contributed by atoms with Gasteiger partial charge in [-0.3, -0.25) is 0 Å². The van der Waals surface area contributed by atoms with Gasteiger partial charge >= 0.3 is 0 Å². The van der Waals surface area contributed by atoms with Crippen LogP contribution in [0.3, 0.4) is 0 Å². The lowest BCUT2D eigenvalue weighted by Crippen LogP contribution is -2.37. The van der Waals surface area contributed by atoms with Gasteiger partial charge in [-0.15, -0.1) is 24.0 Å². The van der Waals surface area contributed by atoms with Gasteiger partial charge in [0.05, 0.1) is 31.9 Å². The lowest BCUT2D eigenvalue weighted by atomic mass is 10.0. The second-order valence-electron chi connectivity index (χ2n) is 7.52. The van der Waals surface area contributed by atoms with Gasteiger partial charge in [-0.05, 0) is 30.0 Å². The molecule has 1 fully saturated rings. The fourth-order valence-electron chi connectivity index (χ4n) is 3.77. The van der Waals surface area contributed by atoms with E-state index in [1.165, 1.54) is 0 Å². The van der Waals surface area contributed by atoms with Gasteiger partial charge in [-0.25, -0.2) is 4.99 Å². The lowest BCUT2D eigenvalue weighted by Gasteiger charge is -2.26. The van der Waals surface area contributed by atoms with Crippen molar-refractivity contribution in [2.45, 2.75) is 44.6 Å². The van der Waals surface area contributed by atoms with Crippen molar-refractivity contribution in [1.29, 1.82) is 0 Å². The van der Waals surface area contributed by atoms with Gasteiger partial charge in [0.15, 0.2) is 5.96 Å². The van der Waals surface area contributed by atoms with Crippen LogP contribution < -0.4 is 15.8 Å². The Hall–Kier alpha value is -1.84. The Bertz CT molecular complexity index is 840. The summed E-state index contributed by atoms with van der Waals surface area (Å²) in [6.07, 6.45) is 3.11. The first-order valence-electron chi connectivity index (χ1n) is 10.3. The largest absolute Gasteiger partial charge is 0.493 e. The maximum Gasteiger partial charge on any atom is 0.189 e. The Morgan fingerprint density at radius 3 is 2.70 bits per heavy atom. The van der Waals surface area contributed by atoms with Gasteiger partial charge in [0.25, 0.3) is 0 Å². The summed E-state index contributed by atoms with van der Waals surface area (Å²) < 4.78 is 17.1. The van der Waals surface area contributed by atoms with E-state index in [1.807, 2.05) is 24.3 Å². The van der Waals surface area contributed by atoms with Crippen LogP contribution in [0, 0.1) is 0 Å². The van der Waals surface area contributed by atoms with Crippen LogP contribution in [0.4, 0.5) is 0 Å². The zero-order valence-corrected chi connectivity index (χ0v) is 19.4.